The molecule has 0 bridgehead atoms. The molecule has 0 aromatic carbocycles. The summed E-state index contributed by atoms with van der Waals surface area (Å²) < 4.78 is 0. The number of urea groups is 1. The maximum Gasteiger partial charge on any atom is 0.323 e. The van der Waals surface area contributed by atoms with Crippen molar-refractivity contribution >= 4 is 24.3 Å². The van der Waals surface area contributed by atoms with Crippen LogP contribution in [0.5, 0.6) is 0 Å². The van der Waals surface area contributed by atoms with Crippen LogP contribution in [0, 0.1) is 0 Å². The van der Waals surface area contributed by atoms with Crippen LogP contribution in [0.3, 0.4) is 0 Å². The molecule has 0 fully saturated rings. The van der Waals surface area contributed by atoms with E-state index in [0.717, 1.165) is 24.2 Å². The van der Waals surface area contributed by atoms with Crippen LogP contribution in [0.25, 0.3) is 0 Å². The van der Waals surface area contributed by atoms with E-state index < -0.39 is 0 Å². The second-order valence-electron chi connectivity index (χ2n) is 5.45. The normalized spacial score (nSPS) is 15.0. The molecule has 1 atom stereocenters. The Morgan fingerprint density at radius 2 is 2.10 bits per heavy atom. The van der Waals surface area contributed by atoms with Crippen LogP contribution in [-0.4, -0.2) is 22.0 Å². The van der Waals surface area contributed by atoms with Gasteiger partial charge in [-0.15, -0.1) is 12.4 Å². The third kappa shape index (κ3) is 4.56. The number of fused-ring (bicyclic) bond motifs is 1. The van der Waals surface area contributed by atoms with Gasteiger partial charge in [-0.3, -0.25) is 4.90 Å². The Balaban J connectivity index is 0.00000220. The van der Waals surface area contributed by atoms with Crippen LogP contribution in [0.2, 0.25) is 0 Å². The number of hydrogen-bond acceptors (Lipinski definition) is 3. The summed E-state index contributed by atoms with van der Waals surface area (Å²) in [5.41, 5.74) is 0.991. The lowest BCUT2D eigenvalue weighted by molar-refractivity contribution is 0.241. The van der Waals surface area contributed by atoms with Gasteiger partial charge in [0.05, 0.1) is 0 Å². The standard InChI is InChI=1S/C15H24N4O.ClH/c1-3-4-5-6-7-8-12(2)19-14-13(9-16-11-18-14)10-17-15(19)20;/h9,11-12H,3-8,10H2,1-2H3,(H,17,20);1H. The molecule has 1 aliphatic rings. The predicted molar refractivity (Wildman–Crippen MR) is 86.8 cm³/mol. The maximum absolute atomic E-state index is 12.1. The van der Waals surface area contributed by atoms with Gasteiger partial charge in [0.15, 0.2) is 0 Å². The fourth-order valence-electron chi connectivity index (χ4n) is 2.63. The number of amides is 2. The summed E-state index contributed by atoms with van der Waals surface area (Å²) in [6, 6.07) is 0.128. The number of carbonyl (C=O) groups excluding carboxylic acids is 1. The SMILES string of the molecule is CCCCCCCC(C)N1C(=O)NCc2cncnc21.Cl. The lowest BCUT2D eigenvalue weighted by Crippen LogP contribution is -2.49. The third-order valence-corrected chi connectivity index (χ3v) is 3.81. The van der Waals surface area contributed by atoms with Crippen LogP contribution in [0.1, 0.15) is 57.9 Å². The molecule has 0 aliphatic carbocycles. The van der Waals surface area contributed by atoms with Crippen molar-refractivity contribution in [3.63, 3.8) is 0 Å². The van der Waals surface area contributed by atoms with E-state index in [9.17, 15) is 4.79 Å². The summed E-state index contributed by atoms with van der Waals surface area (Å²) >= 11 is 0. The molecule has 0 saturated carbocycles. The highest BCUT2D eigenvalue weighted by atomic mass is 35.5. The fourth-order valence-corrected chi connectivity index (χ4v) is 2.63. The summed E-state index contributed by atoms with van der Waals surface area (Å²) in [4.78, 5) is 22.2. The van der Waals surface area contributed by atoms with E-state index in [1.807, 2.05) is 0 Å². The van der Waals surface area contributed by atoms with Gasteiger partial charge in [0.1, 0.15) is 12.1 Å². The van der Waals surface area contributed by atoms with E-state index in [4.69, 9.17) is 0 Å². The number of nitrogens with zero attached hydrogens (tertiary/aromatic N) is 3. The summed E-state index contributed by atoms with van der Waals surface area (Å²) in [5.74, 6) is 0.768. The number of hydrogen-bond donors (Lipinski definition) is 1. The van der Waals surface area contributed by atoms with E-state index >= 15 is 0 Å². The van der Waals surface area contributed by atoms with Gasteiger partial charge >= 0.3 is 6.03 Å². The summed E-state index contributed by atoms with van der Waals surface area (Å²) in [6.07, 6.45) is 10.6. The minimum Gasteiger partial charge on any atom is -0.333 e. The first kappa shape index (κ1) is 17.7. The fraction of sp³-hybridized carbons (Fsp3) is 0.667. The molecule has 1 unspecified atom stereocenters. The van der Waals surface area contributed by atoms with Crippen molar-refractivity contribution in [2.75, 3.05) is 4.90 Å². The molecule has 118 valence electrons. The quantitative estimate of drug-likeness (QED) is 0.781. The average molecular weight is 313 g/mol. The summed E-state index contributed by atoms with van der Waals surface area (Å²) in [7, 11) is 0. The Hall–Kier alpha value is -1.36. The molecule has 1 aliphatic heterocycles. The summed E-state index contributed by atoms with van der Waals surface area (Å²) in [5, 5.41) is 2.89. The maximum atomic E-state index is 12.1. The molecular formula is C15H25ClN4O. The van der Waals surface area contributed by atoms with Gasteiger partial charge in [-0.1, -0.05) is 39.0 Å². The van der Waals surface area contributed by atoms with Crippen molar-refractivity contribution in [2.24, 2.45) is 0 Å². The first-order valence-corrected chi connectivity index (χ1v) is 7.60. The number of halogens is 1. The Bertz CT molecular complexity index is 455. The average Bonchev–Trinajstić information content (AvgIpc) is 2.46. The van der Waals surface area contributed by atoms with Crippen molar-refractivity contribution in [3.05, 3.63) is 18.1 Å². The largest absolute Gasteiger partial charge is 0.333 e. The molecule has 0 radical (unpaired) electrons. The monoisotopic (exact) mass is 312 g/mol. The second kappa shape index (κ2) is 8.82. The minimum atomic E-state index is -0.0442. The molecule has 2 heterocycles. The van der Waals surface area contributed by atoms with Gasteiger partial charge in [-0.25, -0.2) is 14.8 Å². The molecule has 21 heavy (non-hydrogen) atoms. The van der Waals surface area contributed by atoms with Crippen LogP contribution < -0.4 is 10.2 Å². The lowest BCUT2D eigenvalue weighted by atomic mass is 10.1. The molecule has 5 nitrogen and oxygen atoms in total. The number of carbonyl (C=O) groups is 1. The van der Waals surface area contributed by atoms with Gasteiger partial charge in [0, 0.05) is 24.3 Å². The first-order valence-electron chi connectivity index (χ1n) is 7.60. The van der Waals surface area contributed by atoms with Crippen LogP contribution in [0.4, 0.5) is 10.6 Å². The van der Waals surface area contributed by atoms with Crippen molar-refractivity contribution in [2.45, 2.75) is 65.0 Å². The van der Waals surface area contributed by atoms with Crippen molar-refractivity contribution in [3.8, 4) is 0 Å². The highest BCUT2D eigenvalue weighted by Crippen LogP contribution is 2.24. The van der Waals surface area contributed by atoms with Crippen molar-refractivity contribution < 1.29 is 4.79 Å². The molecule has 6 heteroatoms. The highest BCUT2D eigenvalue weighted by molar-refractivity contribution is 5.94. The number of rotatable bonds is 7. The molecule has 1 aromatic heterocycles. The van der Waals surface area contributed by atoms with Gasteiger partial charge in [-0.05, 0) is 13.3 Å². The summed E-state index contributed by atoms with van der Waals surface area (Å²) in [6.45, 7) is 4.84. The molecule has 2 rings (SSSR count). The zero-order valence-electron chi connectivity index (χ0n) is 12.8. The van der Waals surface area contributed by atoms with Gasteiger partial charge < -0.3 is 5.32 Å². The Labute approximate surface area is 133 Å². The van der Waals surface area contributed by atoms with E-state index in [1.165, 1.54) is 32.0 Å². The molecule has 2 amide bonds. The van der Waals surface area contributed by atoms with Crippen molar-refractivity contribution in [1.82, 2.24) is 15.3 Å². The molecular weight excluding hydrogens is 288 g/mol. The van der Waals surface area contributed by atoms with E-state index in [1.54, 1.807) is 11.1 Å². The Kier molecular flexibility index (Phi) is 7.43. The van der Waals surface area contributed by atoms with E-state index in [0.29, 0.717) is 6.54 Å². The Morgan fingerprint density at radius 1 is 1.33 bits per heavy atom. The molecule has 1 N–H and O–H groups in total. The number of nitrogens with one attached hydrogen (secondary N) is 1. The second-order valence-corrected chi connectivity index (χ2v) is 5.45. The van der Waals surface area contributed by atoms with Crippen LogP contribution >= 0.6 is 12.4 Å². The topological polar surface area (TPSA) is 58.1 Å². The third-order valence-electron chi connectivity index (χ3n) is 3.81. The lowest BCUT2D eigenvalue weighted by Gasteiger charge is -2.33. The zero-order chi connectivity index (χ0) is 14.4. The first-order chi connectivity index (χ1) is 9.74. The number of anilines is 1. The van der Waals surface area contributed by atoms with E-state index in [-0.39, 0.29) is 24.5 Å². The van der Waals surface area contributed by atoms with Gasteiger partial charge in [0.2, 0.25) is 0 Å². The molecule has 0 spiro atoms. The van der Waals surface area contributed by atoms with Crippen molar-refractivity contribution in [1.29, 1.82) is 0 Å². The number of unbranched alkanes of at least 4 members (excludes halogenated alkanes) is 4. The zero-order valence-corrected chi connectivity index (χ0v) is 13.7. The number of aromatic nitrogens is 2. The van der Waals surface area contributed by atoms with Gasteiger partial charge in [0.25, 0.3) is 0 Å². The van der Waals surface area contributed by atoms with E-state index in [2.05, 4.69) is 29.1 Å². The smallest absolute Gasteiger partial charge is 0.323 e. The van der Waals surface area contributed by atoms with Gasteiger partial charge in [-0.2, -0.15) is 0 Å². The Morgan fingerprint density at radius 3 is 2.86 bits per heavy atom. The molecule has 1 aromatic rings. The minimum absolute atomic E-state index is 0. The van der Waals surface area contributed by atoms with Crippen LogP contribution in [0.15, 0.2) is 12.5 Å². The highest BCUT2D eigenvalue weighted by Gasteiger charge is 2.28. The van der Waals surface area contributed by atoms with Crippen LogP contribution in [-0.2, 0) is 6.54 Å². The predicted octanol–water partition coefficient (Wildman–Crippen LogP) is 3.68. The molecule has 0 saturated heterocycles.